The second-order valence-corrected chi connectivity index (χ2v) is 3.56. The van der Waals surface area contributed by atoms with Crippen LogP contribution >= 0.6 is 0 Å². The number of hydrogen-bond donors (Lipinski definition) is 1. The van der Waals surface area contributed by atoms with Gasteiger partial charge in [-0.05, 0) is 42.5 Å². The molecule has 2 nitrogen and oxygen atoms in total. The van der Waals surface area contributed by atoms with Gasteiger partial charge in [0.25, 0.3) is 0 Å². The zero-order chi connectivity index (χ0) is 11.5. The molecule has 0 saturated carbocycles. The molecular weight excluding hydrogens is 205 g/mol. The smallest absolute Gasteiger partial charge is 0.125 e. The molecule has 0 heterocycles. The van der Waals surface area contributed by atoms with Crippen molar-refractivity contribution in [3.8, 4) is 5.75 Å². The minimum absolute atomic E-state index is 0.219. The maximum Gasteiger partial charge on any atom is 0.125 e. The third kappa shape index (κ3) is 2.14. The largest absolute Gasteiger partial charge is 0.508 e. The van der Waals surface area contributed by atoms with Gasteiger partial charge in [0, 0.05) is 18.4 Å². The molecule has 0 saturated heterocycles. The Morgan fingerprint density at radius 1 is 1.00 bits per heavy atom. The van der Waals surface area contributed by atoms with Gasteiger partial charge in [0.1, 0.15) is 11.6 Å². The average Bonchev–Trinajstić information content (AvgIpc) is 2.29. The fourth-order valence-corrected chi connectivity index (χ4v) is 1.51. The third-order valence-corrected chi connectivity index (χ3v) is 2.43. The lowest BCUT2D eigenvalue weighted by Crippen LogP contribution is -2.09. The van der Waals surface area contributed by atoms with Crippen LogP contribution in [0.5, 0.6) is 5.75 Å². The summed E-state index contributed by atoms with van der Waals surface area (Å²) in [5.74, 6) is -0.0421. The van der Waals surface area contributed by atoms with Gasteiger partial charge in [-0.15, -0.1) is 0 Å². The van der Waals surface area contributed by atoms with E-state index in [4.69, 9.17) is 0 Å². The summed E-state index contributed by atoms with van der Waals surface area (Å²) in [5.41, 5.74) is 1.66. The van der Waals surface area contributed by atoms with Gasteiger partial charge in [0.05, 0.1) is 0 Å². The van der Waals surface area contributed by atoms with Crippen molar-refractivity contribution in [1.82, 2.24) is 0 Å². The van der Waals surface area contributed by atoms with E-state index in [-0.39, 0.29) is 11.6 Å². The summed E-state index contributed by atoms with van der Waals surface area (Å²) in [6.07, 6.45) is 0. The van der Waals surface area contributed by atoms with Crippen molar-refractivity contribution in [2.45, 2.75) is 0 Å². The van der Waals surface area contributed by atoms with Gasteiger partial charge in [-0.3, -0.25) is 0 Å². The maximum absolute atomic E-state index is 13.0. The molecule has 2 aromatic carbocycles. The Morgan fingerprint density at radius 3 is 2.31 bits per heavy atom. The molecule has 2 aromatic rings. The number of hydrogen-bond acceptors (Lipinski definition) is 2. The van der Waals surface area contributed by atoms with Gasteiger partial charge in [0.2, 0.25) is 0 Å². The van der Waals surface area contributed by atoms with Crippen LogP contribution in [0.2, 0.25) is 0 Å². The zero-order valence-corrected chi connectivity index (χ0v) is 8.89. The topological polar surface area (TPSA) is 23.5 Å². The fourth-order valence-electron chi connectivity index (χ4n) is 1.51. The van der Waals surface area contributed by atoms with Gasteiger partial charge in [0.15, 0.2) is 0 Å². The Bertz CT molecular complexity index is 482. The molecule has 0 fully saturated rings. The van der Waals surface area contributed by atoms with Crippen LogP contribution in [0.25, 0.3) is 0 Å². The van der Waals surface area contributed by atoms with E-state index in [0.29, 0.717) is 0 Å². The van der Waals surface area contributed by atoms with Crippen LogP contribution in [0.1, 0.15) is 0 Å². The first-order chi connectivity index (χ1) is 7.66. The van der Waals surface area contributed by atoms with E-state index >= 15 is 0 Å². The van der Waals surface area contributed by atoms with Crippen molar-refractivity contribution in [2.24, 2.45) is 0 Å². The third-order valence-electron chi connectivity index (χ3n) is 2.43. The lowest BCUT2D eigenvalue weighted by molar-refractivity contribution is 0.475. The standard InChI is InChI=1S/C13H12FNO/c1-15(11-5-7-13(16)8-6-11)12-4-2-3-10(14)9-12/h2-9,16H,1H3. The van der Waals surface area contributed by atoms with Crippen LogP contribution < -0.4 is 4.90 Å². The summed E-state index contributed by atoms with van der Waals surface area (Å²) in [7, 11) is 1.85. The van der Waals surface area contributed by atoms with Crippen LogP contribution in [0, 0.1) is 5.82 Å². The van der Waals surface area contributed by atoms with E-state index in [1.54, 1.807) is 30.3 Å². The molecule has 3 heteroatoms. The summed E-state index contributed by atoms with van der Waals surface area (Å²) in [4.78, 5) is 1.85. The molecule has 0 aliphatic heterocycles. The fraction of sp³-hybridized carbons (Fsp3) is 0.0769. The number of anilines is 2. The lowest BCUT2D eigenvalue weighted by Gasteiger charge is -2.19. The van der Waals surface area contributed by atoms with Crippen LogP contribution in [-0.2, 0) is 0 Å². The molecule has 0 radical (unpaired) electrons. The van der Waals surface area contributed by atoms with Gasteiger partial charge >= 0.3 is 0 Å². The first-order valence-electron chi connectivity index (χ1n) is 4.95. The monoisotopic (exact) mass is 217 g/mol. The number of benzene rings is 2. The molecule has 0 spiro atoms. The van der Waals surface area contributed by atoms with E-state index in [9.17, 15) is 9.50 Å². The normalized spacial score (nSPS) is 10.1. The van der Waals surface area contributed by atoms with E-state index in [0.717, 1.165) is 11.4 Å². The van der Waals surface area contributed by atoms with Crippen molar-refractivity contribution in [2.75, 3.05) is 11.9 Å². The van der Waals surface area contributed by atoms with Crippen LogP contribution in [-0.4, -0.2) is 12.2 Å². The van der Waals surface area contributed by atoms with Gasteiger partial charge in [-0.2, -0.15) is 0 Å². The maximum atomic E-state index is 13.0. The molecule has 2 rings (SSSR count). The van der Waals surface area contributed by atoms with Crippen molar-refractivity contribution in [3.05, 3.63) is 54.3 Å². The molecule has 0 unspecified atom stereocenters. The minimum atomic E-state index is -0.261. The Balaban J connectivity index is 2.31. The SMILES string of the molecule is CN(c1ccc(O)cc1)c1cccc(F)c1. The van der Waals surface area contributed by atoms with Gasteiger partial charge < -0.3 is 10.0 Å². The summed E-state index contributed by atoms with van der Waals surface area (Å²) in [5, 5.41) is 9.17. The summed E-state index contributed by atoms with van der Waals surface area (Å²) in [6.45, 7) is 0. The molecule has 0 bridgehead atoms. The minimum Gasteiger partial charge on any atom is -0.508 e. The van der Waals surface area contributed by atoms with Crippen molar-refractivity contribution < 1.29 is 9.50 Å². The number of phenolic OH excluding ortho intramolecular Hbond substituents is 1. The molecular formula is C13H12FNO. The Hall–Kier alpha value is -2.03. The van der Waals surface area contributed by atoms with E-state index < -0.39 is 0 Å². The number of nitrogens with zero attached hydrogens (tertiary/aromatic N) is 1. The quantitative estimate of drug-likeness (QED) is 0.834. The van der Waals surface area contributed by atoms with E-state index in [1.807, 2.05) is 18.0 Å². The first-order valence-corrected chi connectivity index (χ1v) is 4.95. The van der Waals surface area contributed by atoms with E-state index in [2.05, 4.69) is 0 Å². The Kier molecular flexibility index (Phi) is 2.77. The number of phenols is 1. The highest BCUT2D eigenvalue weighted by molar-refractivity contribution is 5.62. The molecule has 0 aromatic heterocycles. The number of halogens is 1. The molecule has 82 valence electrons. The lowest BCUT2D eigenvalue weighted by atomic mass is 10.2. The van der Waals surface area contributed by atoms with Gasteiger partial charge in [-0.1, -0.05) is 6.07 Å². The zero-order valence-electron chi connectivity index (χ0n) is 8.89. The summed E-state index contributed by atoms with van der Waals surface area (Å²) < 4.78 is 13.0. The molecule has 0 atom stereocenters. The highest BCUT2D eigenvalue weighted by atomic mass is 19.1. The predicted octanol–water partition coefficient (Wildman–Crippen LogP) is 3.30. The number of aromatic hydroxyl groups is 1. The Labute approximate surface area is 93.6 Å². The van der Waals surface area contributed by atoms with Crippen molar-refractivity contribution in [3.63, 3.8) is 0 Å². The van der Waals surface area contributed by atoms with Crippen LogP contribution in [0.3, 0.4) is 0 Å². The molecule has 16 heavy (non-hydrogen) atoms. The highest BCUT2D eigenvalue weighted by Crippen LogP contribution is 2.25. The second kappa shape index (κ2) is 4.23. The van der Waals surface area contributed by atoms with Crippen LogP contribution in [0.4, 0.5) is 15.8 Å². The van der Waals surface area contributed by atoms with Crippen LogP contribution in [0.15, 0.2) is 48.5 Å². The van der Waals surface area contributed by atoms with E-state index in [1.165, 1.54) is 12.1 Å². The molecule has 0 amide bonds. The van der Waals surface area contributed by atoms with Gasteiger partial charge in [-0.25, -0.2) is 4.39 Å². The average molecular weight is 217 g/mol. The highest BCUT2D eigenvalue weighted by Gasteiger charge is 2.04. The number of rotatable bonds is 2. The summed E-state index contributed by atoms with van der Waals surface area (Å²) in [6, 6.07) is 13.1. The van der Waals surface area contributed by atoms with Crippen molar-refractivity contribution in [1.29, 1.82) is 0 Å². The second-order valence-electron chi connectivity index (χ2n) is 3.56. The first kappa shape index (κ1) is 10.5. The molecule has 0 aliphatic carbocycles. The molecule has 0 aliphatic rings. The van der Waals surface area contributed by atoms with Crippen molar-refractivity contribution >= 4 is 11.4 Å². The Morgan fingerprint density at radius 2 is 1.69 bits per heavy atom. The summed E-state index contributed by atoms with van der Waals surface area (Å²) >= 11 is 0. The predicted molar refractivity (Wildman–Crippen MR) is 62.6 cm³/mol. The molecule has 1 N–H and O–H groups in total.